The van der Waals surface area contributed by atoms with Gasteiger partial charge in [-0.1, -0.05) is 11.6 Å². The molecule has 0 bridgehead atoms. The summed E-state index contributed by atoms with van der Waals surface area (Å²) in [7, 11) is 0. The first kappa shape index (κ1) is 12.1. The minimum Gasteiger partial charge on any atom is -0.383 e. The minimum absolute atomic E-state index is 0.596. The molecule has 0 fully saturated rings. The van der Waals surface area contributed by atoms with Crippen LogP contribution in [0.1, 0.15) is 16.5 Å². The number of hydrogen-bond donors (Lipinski definition) is 1. The average molecular weight is 389 g/mol. The van der Waals surface area contributed by atoms with Crippen LogP contribution in [0.3, 0.4) is 0 Å². The Balaban J connectivity index is 2.31. The molecule has 80 valence electrons. The van der Waals surface area contributed by atoms with Crippen LogP contribution in [0.5, 0.6) is 0 Å². The van der Waals surface area contributed by atoms with Crippen molar-refractivity contribution < 1.29 is 5.11 Å². The Morgan fingerprint density at radius 1 is 1.33 bits per heavy atom. The Hall–Kier alpha value is 0.610. The van der Waals surface area contributed by atoms with E-state index in [0.717, 1.165) is 18.7 Å². The topological polar surface area (TPSA) is 20.2 Å². The summed E-state index contributed by atoms with van der Waals surface area (Å²) in [5, 5.41) is 12.0. The first-order valence-electron chi connectivity index (χ1n) is 3.94. The van der Waals surface area contributed by atoms with Gasteiger partial charge in [0.05, 0.1) is 3.79 Å². The number of hydrogen-bond acceptors (Lipinski definition) is 3. The third-order valence-corrected chi connectivity index (χ3v) is 5.89. The van der Waals surface area contributed by atoms with Crippen LogP contribution in [-0.2, 0) is 0 Å². The predicted molar refractivity (Wildman–Crippen MR) is 73.1 cm³/mol. The van der Waals surface area contributed by atoms with Gasteiger partial charge in [0.15, 0.2) is 0 Å². The van der Waals surface area contributed by atoms with Crippen LogP contribution in [0.25, 0.3) is 0 Å². The van der Waals surface area contributed by atoms with E-state index < -0.39 is 6.10 Å². The molecular formula is C9H5Br2ClOS2. The molecule has 0 saturated carbocycles. The maximum Gasteiger partial charge on any atom is 0.114 e. The van der Waals surface area contributed by atoms with E-state index in [1.54, 1.807) is 11.3 Å². The van der Waals surface area contributed by atoms with Crippen LogP contribution in [0, 0.1) is 0 Å². The minimum atomic E-state index is -0.596. The number of halogens is 3. The highest BCUT2D eigenvalue weighted by atomic mass is 79.9. The standard InChI is InChI=1S/C9H5Br2ClOS2/c10-5-2-6(15-9(5)12)8(13)4-1-7(11)14-3-4/h1-3,8,13H. The van der Waals surface area contributed by atoms with E-state index in [2.05, 4.69) is 31.9 Å². The Labute approximate surface area is 117 Å². The van der Waals surface area contributed by atoms with Gasteiger partial charge in [0.25, 0.3) is 0 Å². The molecule has 2 rings (SSSR count). The lowest BCUT2D eigenvalue weighted by atomic mass is 10.2. The molecule has 1 unspecified atom stereocenters. The van der Waals surface area contributed by atoms with Crippen LogP contribution >= 0.6 is 66.1 Å². The van der Waals surface area contributed by atoms with Gasteiger partial charge in [-0.15, -0.1) is 22.7 Å². The summed E-state index contributed by atoms with van der Waals surface area (Å²) in [6.07, 6.45) is -0.596. The number of rotatable bonds is 2. The number of thiophene rings is 2. The highest BCUT2D eigenvalue weighted by Gasteiger charge is 2.16. The molecule has 1 atom stereocenters. The van der Waals surface area contributed by atoms with Crippen molar-refractivity contribution >= 4 is 66.1 Å². The van der Waals surface area contributed by atoms with Crippen molar-refractivity contribution in [3.8, 4) is 0 Å². The first-order chi connectivity index (χ1) is 7.08. The van der Waals surface area contributed by atoms with Crippen molar-refractivity contribution in [2.45, 2.75) is 6.10 Å². The zero-order valence-electron chi connectivity index (χ0n) is 7.21. The van der Waals surface area contributed by atoms with Crippen molar-refractivity contribution in [3.63, 3.8) is 0 Å². The molecule has 15 heavy (non-hydrogen) atoms. The summed E-state index contributed by atoms with van der Waals surface area (Å²) in [6, 6.07) is 3.76. The summed E-state index contributed by atoms with van der Waals surface area (Å²) in [4.78, 5) is 0.845. The van der Waals surface area contributed by atoms with E-state index in [-0.39, 0.29) is 0 Å². The molecule has 1 N–H and O–H groups in total. The van der Waals surface area contributed by atoms with E-state index >= 15 is 0 Å². The molecule has 0 saturated heterocycles. The smallest absolute Gasteiger partial charge is 0.114 e. The average Bonchev–Trinajstić information content (AvgIpc) is 2.74. The van der Waals surface area contributed by atoms with Crippen molar-refractivity contribution in [3.05, 3.63) is 40.5 Å². The molecule has 2 aromatic rings. The molecule has 0 radical (unpaired) electrons. The Morgan fingerprint density at radius 3 is 2.53 bits per heavy atom. The van der Waals surface area contributed by atoms with E-state index in [9.17, 15) is 5.11 Å². The van der Waals surface area contributed by atoms with Gasteiger partial charge in [0.2, 0.25) is 0 Å². The van der Waals surface area contributed by atoms with E-state index in [1.807, 2.05) is 17.5 Å². The molecule has 2 heterocycles. The molecule has 0 spiro atoms. The fourth-order valence-electron chi connectivity index (χ4n) is 1.13. The third kappa shape index (κ3) is 2.65. The highest BCUT2D eigenvalue weighted by Crippen LogP contribution is 2.38. The Bertz CT molecular complexity index is 461. The van der Waals surface area contributed by atoms with Crippen molar-refractivity contribution in [2.75, 3.05) is 0 Å². The molecular weight excluding hydrogens is 383 g/mol. The fraction of sp³-hybridized carbons (Fsp3) is 0.111. The molecule has 6 heteroatoms. The second kappa shape index (κ2) is 4.85. The summed E-state index contributed by atoms with van der Waals surface area (Å²) in [5.41, 5.74) is 0.886. The van der Waals surface area contributed by atoms with Gasteiger partial charge in [-0.3, -0.25) is 0 Å². The summed E-state index contributed by atoms with van der Waals surface area (Å²) < 4.78 is 2.51. The molecule has 2 aromatic heterocycles. The van der Waals surface area contributed by atoms with Gasteiger partial charge in [-0.2, -0.15) is 0 Å². The maximum atomic E-state index is 10.1. The lowest BCUT2D eigenvalue weighted by Crippen LogP contribution is -1.93. The first-order valence-corrected chi connectivity index (χ1v) is 7.60. The normalized spacial score (nSPS) is 13.1. The zero-order valence-corrected chi connectivity index (χ0v) is 12.8. The van der Waals surface area contributed by atoms with Crippen molar-refractivity contribution in [1.82, 2.24) is 0 Å². The van der Waals surface area contributed by atoms with E-state index in [1.165, 1.54) is 11.3 Å². The molecule has 0 aliphatic rings. The second-order valence-corrected chi connectivity index (χ2v) is 7.69. The highest BCUT2D eigenvalue weighted by molar-refractivity contribution is 9.11. The van der Waals surface area contributed by atoms with Gasteiger partial charge in [-0.05, 0) is 54.9 Å². The number of aliphatic hydroxyl groups is 1. The SMILES string of the molecule is OC(c1csc(Br)c1)c1cc(Br)c(Cl)s1. The molecule has 0 aromatic carbocycles. The Morgan fingerprint density at radius 2 is 2.07 bits per heavy atom. The van der Waals surface area contributed by atoms with E-state index in [0.29, 0.717) is 4.34 Å². The van der Waals surface area contributed by atoms with Crippen LogP contribution in [0.4, 0.5) is 0 Å². The zero-order chi connectivity index (χ0) is 11.0. The van der Waals surface area contributed by atoms with Crippen LogP contribution in [0.15, 0.2) is 25.8 Å². The molecule has 0 aliphatic carbocycles. The van der Waals surface area contributed by atoms with Crippen molar-refractivity contribution in [2.24, 2.45) is 0 Å². The lowest BCUT2D eigenvalue weighted by Gasteiger charge is -2.04. The fourth-order valence-corrected chi connectivity index (χ4v) is 4.07. The summed E-state index contributed by atoms with van der Waals surface area (Å²) in [6.45, 7) is 0. The van der Waals surface area contributed by atoms with Gasteiger partial charge in [0, 0.05) is 9.35 Å². The summed E-state index contributed by atoms with van der Waals surface area (Å²) in [5.74, 6) is 0. The molecule has 0 aliphatic heterocycles. The van der Waals surface area contributed by atoms with Gasteiger partial charge < -0.3 is 5.11 Å². The lowest BCUT2D eigenvalue weighted by molar-refractivity contribution is 0.224. The Kier molecular flexibility index (Phi) is 3.91. The van der Waals surface area contributed by atoms with Gasteiger partial charge in [0.1, 0.15) is 10.4 Å². The van der Waals surface area contributed by atoms with Crippen molar-refractivity contribution in [1.29, 1.82) is 0 Å². The van der Waals surface area contributed by atoms with Gasteiger partial charge in [-0.25, -0.2) is 0 Å². The summed E-state index contributed by atoms with van der Waals surface area (Å²) >= 11 is 15.6. The molecule has 0 amide bonds. The largest absolute Gasteiger partial charge is 0.383 e. The molecule has 1 nitrogen and oxygen atoms in total. The number of aliphatic hydroxyl groups excluding tert-OH is 1. The monoisotopic (exact) mass is 386 g/mol. The van der Waals surface area contributed by atoms with E-state index in [4.69, 9.17) is 11.6 Å². The van der Waals surface area contributed by atoms with Crippen LogP contribution in [0.2, 0.25) is 4.34 Å². The maximum absolute atomic E-state index is 10.1. The van der Waals surface area contributed by atoms with Crippen LogP contribution in [-0.4, -0.2) is 5.11 Å². The predicted octanol–water partition coefficient (Wildman–Crippen LogP) is 5.07. The third-order valence-electron chi connectivity index (χ3n) is 1.84. The second-order valence-electron chi connectivity index (χ2n) is 2.86. The quantitative estimate of drug-likeness (QED) is 0.762. The van der Waals surface area contributed by atoms with Crippen LogP contribution < -0.4 is 0 Å². The van der Waals surface area contributed by atoms with Gasteiger partial charge >= 0.3 is 0 Å².